The number of ether oxygens (including phenoxy) is 1. The summed E-state index contributed by atoms with van der Waals surface area (Å²) in [7, 11) is 1.71. The highest BCUT2D eigenvalue weighted by Crippen LogP contribution is 2.16. The van der Waals surface area contributed by atoms with Gasteiger partial charge in [0.05, 0.1) is 24.0 Å². The molecule has 0 radical (unpaired) electrons. The van der Waals surface area contributed by atoms with Crippen LogP contribution >= 0.6 is 0 Å². The summed E-state index contributed by atoms with van der Waals surface area (Å²) in [6.45, 7) is 2.77. The van der Waals surface area contributed by atoms with E-state index in [1.165, 1.54) is 0 Å². The zero-order chi connectivity index (χ0) is 11.4. The largest absolute Gasteiger partial charge is 0.383 e. The number of anilines is 1. The van der Waals surface area contributed by atoms with Crippen molar-refractivity contribution in [2.24, 2.45) is 0 Å². The molecule has 1 heterocycles. The van der Waals surface area contributed by atoms with Crippen LogP contribution < -0.4 is 5.32 Å². The lowest BCUT2D eigenvalue weighted by molar-refractivity contribution is 0.190. The molecule has 3 heteroatoms. The minimum Gasteiger partial charge on any atom is -0.383 e. The van der Waals surface area contributed by atoms with E-state index in [-0.39, 0.29) is 6.04 Å². The summed E-state index contributed by atoms with van der Waals surface area (Å²) in [5, 5.41) is 4.50. The summed E-state index contributed by atoms with van der Waals surface area (Å²) in [6, 6.07) is 10.5. The van der Waals surface area contributed by atoms with Gasteiger partial charge >= 0.3 is 0 Å². The van der Waals surface area contributed by atoms with Crippen molar-refractivity contribution < 1.29 is 4.74 Å². The molecule has 2 aromatic rings. The second-order valence-corrected chi connectivity index (χ2v) is 3.92. The Morgan fingerprint density at radius 2 is 2.19 bits per heavy atom. The maximum absolute atomic E-state index is 5.08. The summed E-state index contributed by atoms with van der Waals surface area (Å²) in [4.78, 5) is 4.39. The molecule has 1 aromatic heterocycles. The first-order valence-corrected chi connectivity index (χ1v) is 5.40. The zero-order valence-electron chi connectivity index (χ0n) is 9.60. The molecule has 0 saturated carbocycles. The summed E-state index contributed by atoms with van der Waals surface area (Å²) < 4.78 is 5.08. The van der Waals surface area contributed by atoms with Crippen molar-refractivity contribution in [3.8, 4) is 0 Å². The molecule has 1 atom stereocenters. The van der Waals surface area contributed by atoms with Crippen molar-refractivity contribution >= 4 is 16.6 Å². The predicted octanol–water partition coefficient (Wildman–Crippen LogP) is 2.68. The van der Waals surface area contributed by atoms with Gasteiger partial charge in [-0.15, -0.1) is 0 Å². The van der Waals surface area contributed by atoms with E-state index in [1.807, 2.05) is 24.4 Å². The number of para-hydroxylation sites is 1. The van der Waals surface area contributed by atoms with Gasteiger partial charge in [0.1, 0.15) is 0 Å². The normalized spacial score (nSPS) is 12.6. The molecule has 16 heavy (non-hydrogen) atoms. The molecule has 1 unspecified atom stereocenters. The zero-order valence-corrected chi connectivity index (χ0v) is 9.60. The molecule has 0 spiro atoms. The van der Waals surface area contributed by atoms with Gasteiger partial charge in [-0.1, -0.05) is 18.2 Å². The van der Waals surface area contributed by atoms with Crippen LogP contribution in [0.3, 0.4) is 0 Å². The fraction of sp³-hybridized carbons (Fsp3) is 0.308. The molecule has 0 aliphatic carbocycles. The summed E-state index contributed by atoms with van der Waals surface area (Å²) >= 11 is 0. The second kappa shape index (κ2) is 4.94. The Morgan fingerprint density at radius 1 is 1.38 bits per heavy atom. The van der Waals surface area contributed by atoms with Gasteiger partial charge in [-0.25, -0.2) is 0 Å². The SMILES string of the molecule is COCC(C)Nc1cnc2ccccc2c1. The quantitative estimate of drug-likeness (QED) is 0.853. The number of benzene rings is 1. The van der Waals surface area contributed by atoms with Crippen molar-refractivity contribution in [1.82, 2.24) is 4.98 Å². The summed E-state index contributed by atoms with van der Waals surface area (Å²) in [5.74, 6) is 0. The van der Waals surface area contributed by atoms with Gasteiger partial charge in [0.15, 0.2) is 0 Å². The molecular formula is C13H16N2O. The Balaban J connectivity index is 2.19. The topological polar surface area (TPSA) is 34.1 Å². The van der Waals surface area contributed by atoms with E-state index in [0.717, 1.165) is 16.6 Å². The fourth-order valence-electron chi connectivity index (χ4n) is 1.73. The summed E-state index contributed by atoms with van der Waals surface area (Å²) in [5.41, 5.74) is 2.05. The highest BCUT2D eigenvalue weighted by atomic mass is 16.5. The number of pyridine rings is 1. The van der Waals surface area contributed by atoms with Crippen LogP contribution in [0.5, 0.6) is 0 Å². The first-order valence-electron chi connectivity index (χ1n) is 5.40. The highest BCUT2D eigenvalue weighted by molar-refractivity contribution is 5.81. The van der Waals surface area contributed by atoms with Crippen LogP contribution in [0.15, 0.2) is 36.5 Å². The number of nitrogens with one attached hydrogen (secondary N) is 1. The third-order valence-corrected chi connectivity index (χ3v) is 2.42. The number of hydrogen-bond acceptors (Lipinski definition) is 3. The number of rotatable bonds is 4. The molecule has 1 aromatic carbocycles. The van der Waals surface area contributed by atoms with Crippen molar-refractivity contribution in [3.05, 3.63) is 36.5 Å². The Bertz CT molecular complexity index is 470. The van der Waals surface area contributed by atoms with Crippen LogP contribution in [0.4, 0.5) is 5.69 Å². The van der Waals surface area contributed by atoms with Crippen LogP contribution in [-0.2, 0) is 4.74 Å². The van der Waals surface area contributed by atoms with Crippen LogP contribution in [0, 0.1) is 0 Å². The maximum Gasteiger partial charge on any atom is 0.0703 e. The van der Waals surface area contributed by atoms with Gasteiger partial charge in [0, 0.05) is 18.5 Å². The lowest BCUT2D eigenvalue weighted by Gasteiger charge is -2.14. The van der Waals surface area contributed by atoms with E-state index in [4.69, 9.17) is 4.74 Å². The number of hydrogen-bond donors (Lipinski definition) is 1. The molecule has 0 amide bonds. The average Bonchev–Trinajstić information content (AvgIpc) is 2.29. The molecule has 1 N–H and O–H groups in total. The smallest absolute Gasteiger partial charge is 0.0703 e. The van der Waals surface area contributed by atoms with Crippen molar-refractivity contribution in [1.29, 1.82) is 0 Å². The lowest BCUT2D eigenvalue weighted by Crippen LogP contribution is -2.20. The molecule has 0 aliphatic heterocycles. The minimum atomic E-state index is 0.285. The van der Waals surface area contributed by atoms with Gasteiger partial charge in [-0.3, -0.25) is 4.98 Å². The molecule has 2 rings (SSSR count). The van der Waals surface area contributed by atoms with Gasteiger partial charge in [-0.2, -0.15) is 0 Å². The molecule has 0 aliphatic rings. The molecular weight excluding hydrogens is 200 g/mol. The monoisotopic (exact) mass is 216 g/mol. The number of fused-ring (bicyclic) bond motifs is 1. The maximum atomic E-state index is 5.08. The molecule has 84 valence electrons. The van der Waals surface area contributed by atoms with Gasteiger partial charge < -0.3 is 10.1 Å². The minimum absolute atomic E-state index is 0.285. The Morgan fingerprint density at radius 3 is 3.00 bits per heavy atom. The average molecular weight is 216 g/mol. The van der Waals surface area contributed by atoms with E-state index in [9.17, 15) is 0 Å². The Labute approximate surface area is 95.5 Å². The second-order valence-electron chi connectivity index (χ2n) is 3.92. The number of nitrogens with zero attached hydrogens (tertiary/aromatic N) is 1. The van der Waals surface area contributed by atoms with Gasteiger partial charge in [0.2, 0.25) is 0 Å². The Hall–Kier alpha value is -1.61. The van der Waals surface area contributed by atoms with Crippen molar-refractivity contribution in [2.75, 3.05) is 19.0 Å². The first kappa shape index (κ1) is 10.9. The highest BCUT2D eigenvalue weighted by Gasteiger charge is 2.02. The third kappa shape index (κ3) is 2.49. The standard InChI is InChI=1S/C13H16N2O/c1-10(9-16-2)15-12-7-11-5-3-4-6-13(11)14-8-12/h3-8,10,15H,9H2,1-2H3. The van der Waals surface area contributed by atoms with E-state index in [1.54, 1.807) is 7.11 Å². The third-order valence-electron chi connectivity index (χ3n) is 2.42. The van der Waals surface area contributed by atoms with E-state index < -0.39 is 0 Å². The van der Waals surface area contributed by atoms with Gasteiger partial charge in [0.25, 0.3) is 0 Å². The van der Waals surface area contributed by atoms with Crippen LogP contribution in [0.1, 0.15) is 6.92 Å². The van der Waals surface area contributed by atoms with E-state index in [0.29, 0.717) is 6.61 Å². The lowest BCUT2D eigenvalue weighted by atomic mass is 10.2. The first-order chi connectivity index (χ1) is 7.79. The van der Waals surface area contributed by atoms with E-state index >= 15 is 0 Å². The Kier molecular flexibility index (Phi) is 3.37. The predicted molar refractivity (Wildman–Crippen MR) is 66.7 cm³/mol. The molecule has 0 bridgehead atoms. The van der Waals surface area contributed by atoms with Crippen molar-refractivity contribution in [2.45, 2.75) is 13.0 Å². The van der Waals surface area contributed by atoms with Crippen LogP contribution in [-0.4, -0.2) is 24.7 Å². The number of aromatic nitrogens is 1. The van der Waals surface area contributed by atoms with Crippen molar-refractivity contribution in [3.63, 3.8) is 0 Å². The summed E-state index contributed by atoms with van der Waals surface area (Å²) in [6.07, 6.45) is 1.86. The van der Waals surface area contributed by atoms with Crippen LogP contribution in [0.2, 0.25) is 0 Å². The van der Waals surface area contributed by atoms with Gasteiger partial charge in [-0.05, 0) is 19.1 Å². The van der Waals surface area contributed by atoms with E-state index in [2.05, 4.69) is 29.4 Å². The fourth-order valence-corrected chi connectivity index (χ4v) is 1.73. The molecule has 0 fully saturated rings. The molecule has 0 saturated heterocycles. The van der Waals surface area contributed by atoms with Crippen LogP contribution in [0.25, 0.3) is 10.9 Å². The molecule has 3 nitrogen and oxygen atoms in total. The number of methoxy groups -OCH3 is 1.